The van der Waals surface area contributed by atoms with Crippen molar-refractivity contribution in [2.75, 3.05) is 0 Å². The summed E-state index contributed by atoms with van der Waals surface area (Å²) in [6.07, 6.45) is 29.3. The summed E-state index contributed by atoms with van der Waals surface area (Å²) in [5.41, 5.74) is 0. The second-order valence-corrected chi connectivity index (χ2v) is 7.46. The van der Waals surface area contributed by atoms with Gasteiger partial charge in [-0.05, 0) is 18.9 Å². The predicted octanol–water partition coefficient (Wildman–Crippen LogP) is 8.27. The zero-order chi connectivity index (χ0) is 19.1. The number of allylic oxidation sites excluding steroid dienone is 1. The highest BCUT2D eigenvalue weighted by Gasteiger charge is 1.95. The third-order valence-electron chi connectivity index (χ3n) is 4.92. The highest BCUT2D eigenvalue weighted by atomic mass is 16.5. The lowest BCUT2D eigenvalue weighted by molar-refractivity contribution is -0.132. The minimum atomic E-state index is -0.386. The predicted molar refractivity (Wildman–Crippen MR) is 114 cm³/mol. The molecular formula is C24H44O2. The number of ether oxygens (including phenoxy) is 1. The van der Waals surface area contributed by atoms with Crippen molar-refractivity contribution in [1.29, 1.82) is 0 Å². The lowest BCUT2D eigenvalue weighted by atomic mass is 10.0. The van der Waals surface area contributed by atoms with Gasteiger partial charge in [0.25, 0.3) is 0 Å². The largest absolute Gasteiger partial charge is 0.432 e. The van der Waals surface area contributed by atoms with Crippen LogP contribution in [0.15, 0.2) is 25.0 Å². The van der Waals surface area contributed by atoms with Gasteiger partial charge in [-0.1, -0.05) is 116 Å². The normalized spacial score (nSPS) is 11.1. The van der Waals surface area contributed by atoms with Crippen molar-refractivity contribution < 1.29 is 9.53 Å². The highest BCUT2D eigenvalue weighted by molar-refractivity contribution is 5.81. The van der Waals surface area contributed by atoms with Crippen LogP contribution in [0, 0.1) is 0 Å². The van der Waals surface area contributed by atoms with Gasteiger partial charge in [0.1, 0.15) is 0 Å². The summed E-state index contributed by atoms with van der Waals surface area (Å²) in [7, 11) is 0. The summed E-state index contributed by atoms with van der Waals surface area (Å²) in [5.74, 6) is -0.386. The Morgan fingerprint density at radius 1 is 0.692 bits per heavy atom. The fraction of sp³-hybridized carbons (Fsp3) is 0.792. The first-order valence-corrected chi connectivity index (χ1v) is 11.3. The molecule has 0 aromatic carbocycles. The molecule has 152 valence electrons. The van der Waals surface area contributed by atoms with Crippen LogP contribution >= 0.6 is 0 Å². The third kappa shape index (κ3) is 21.0. The Morgan fingerprint density at radius 2 is 1.08 bits per heavy atom. The first-order valence-electron chi connectivity index (χ1n) is 11.3. The quantitative estimate of drug-likeness (QED) is 0.0940. The molecule has 0 rings (SSSR count). The third-order valence-corrected chi connectivity index (χ3v) is 4.92. The lowest BCUT2D eigenvalue weighted by Crippen LogP contribution is -1.91. The molecule has 2 nitrogen and oxygen atoms in total. The van der Waals surface area contributed by atoms with Crippen LogP contribution in [0.2, 0.25) is 0 Å². The van der Waals surface area contributed by atoms with Crippen molar-refractivity contribution >= 4 is 5.97 Å². The number of carbonyl (C=O) groups is 1. The minimum Gasteiger partial charge on any atom is -0.432 e. The highest BCUT2D eigenvalue weighted by Crippen LogP contribution is 2.14. The van der Waals surface area contributed by atoms with Crippen molar-refractivity contribution in [3.63, 3.8) is 0 Å². The number of unbranched alkanes of at least 4 members (excludes halogenated alkanes) is 17. The van der Waals surface area contributed by atoms with Crippen molar-refractivity contribution in [1.82, 2.24) is 0 Å². The van der Waals surface area contributed by atoms with Crippen molar-refractivity contribution in [2.24, 2.45) is 0 Å². The Hall–Kier alpha value is -1.05. The zero-order valence-electron chi connectivity index (χ0n) is 17.5. The molecule has 26 heavy (non-hydrogen) atoms. The number of esters is 1. The first-order chi connectivity index (χ1) is 12.8. The van der Waals surface area contributed by atoms with Gasteiger partial charge in [-0.3, -0.25) is 0 Å². The zero-order valence-corrected chi connectivity index (χ0v) is 17.5. The fourth-order valence-corrected chi connectivity index (χ4v) is 3.22. The van der Waals surface area contributed by atoms with E-state index in [2.05, 4.69) is 13.5 Å². The van der Waals surface area contributed by atoms with Crippen molar-refractivity contribution in [2.45, 2.75) is 122 Å². The number of rotatable bonds is 20. The van der Waals surface area contributed by atoms with Crippen LogP contribution in [0.5, 0.6) is 0 Å². The summed E-state index contributed by atoms with van der Waals surface area (Å²) in [5, 5.41) is 0. The molecule has 0 atom stereocenters. The van der Waals surface area contributed by atoms with Crippen LogP contribution in [0.1, 0.15) is 122 Å². The molecular weight excluding hydrogens is 320 g/mol. The molecule has 0 saturated carbocycles. The maximum Gasteiger partial charge on any atom is 0.334 e. The molecule has 0 bridgehead atoms. The van der Waals surface area contributed by atoms with Crippen LogP contribution in [0.4, 0.5) is 0 Å². The van der Waals surface area contributed by atoms with Crippen molar-refractivity contribution in [3.8, 4) is 0 Å². The van der Waals surface area contributed by atoms with E-state index in [4.69, 9.17) is 4.74 Å². The molecule has 0 saturated heterocycles. The molecule has 0 unspecified atom stereocenters. The molecule has 0 N–H and O–H groups in total. The molecule has 0 spiro atoms. The van der Waals surface area contributed by atoms with Gasteiger partial charge in [-0.2, -0.15) is 0 Å². The first kappa shape index (κ1) is 24.9. The van der Waals surface area contributed by atoms with Crippen LogP contribution in [0.25, 0.3) is 0 Å². The van der Waals surface area contributed by atoms with Gasteiger partial charge in [0, 0.05) is 6.08 Å². The van der Waals surface area contributed by atoms with Gasteiger partial charge in [0.15, 0.2) is 0 Å². The Labute approximate surface area is 163 Å². The molecule has 0 aromatic rings. The van der Waals surface area contributed by atoms with E-state index >= 15 is 0 Å². The van der Waals surface area contributed by atoms with E-state index in [-0.39, 0.29) is 5.97 Å². The Bertz CT molecular complexity index is 333. The van der Waals surface area contributed by atoms with Gasteiger partial charge < -0.3 is 4.74 Å². The number of hydrogen-bond donors (Lipinski definition) is 0. The summed E-state index contributed by atoms with van der Waals surface area (Å²) in [4.78, 5) is 10.8. The van der Waals surface area contributed by atoms with Gasteiger partial charge in [0.2, 0.25) is 0 Å². The Balaban J connectivity index is 3.07. The summed E-state index contributed by atoms with van der Waals surface area (Å²) in [6, 6.07) is 0. The van der Waals surface area contributed by atoms with E-state index in [1.807, 2.05) is 6.08 Å². The maximum atomic E-state index is 10.8. The van der Waals surface area contributed by atoms with Gasteiger partial charge in [0.05, 0.1) is 6.26 Å². The lowest BCUT2D eigenvalue weighted by Gasteiger charge is -2.03. The molecule has 2 heteroatoms. The molecule has 0 fully saturated rings. The second-order valence-electron chi connectivity index (χ2n) is 7.46. The molecule has 0 aliphatic heterocycles. The molecule has 0 radical (unpaired) electrons. The van der Waals surface area contributed by atoms with E-state index in [9.17, 15) is 4.79 Å². The average Bonchev–Trinajstić information content (AvgIpc) is 2.66. The summed E-state index contributed by atoms with van der Waals surface area (Å²) < 4.78 is 4.79. The van der Waals surface area contributed by atoms with Crippen LogP contribution in [-0.4, -0.2) is 5.97 Å². The fourth-order valence-electron chi connectivity index (χ4n) is 3.22. The Morgan fingerprint density at radius 3 is 1.46 bits per heavy atom. The molecule has 0 aliphatic carbocycles. The van der Waals surface area contributed by atoms with Gasteiger partial charge in [-0.15, -0.1) is 0 Å². The molecule has 0 aliphatic rings. The van der Waals surface area contributed by atoms with E-state index in [1.165, 1.54) is 121 Å². The summed E-state index contributed by atoms with van der Waals surface area (Å²) >= 11 is 0. The minimum absolute atomic E-state index is 0.386. The SMILES string of the molecule is C=CC(=O)O/C=C/CCCCCCCCCCCCCCCCCCC. The topological polar surface area (TPSA) is 26.3 Å². The van der Waals surface area contributed by atoms with Gasteiger partial charge in [-0.25, -0.2) is 4.79 Å². The van der Waals surface area contributed by atoms with E-state index < -0.39 is 0 Å². The van der Waals surface area contributed by atoms with E-state index in [1.54, 1.807) is 0 Å². The van der Waals surface area contributed by atoms with Crippen LogP contribution in [0.3, 0.4) is 0 Å². The summed E-state index contributed by atoms with van der Waals surface area (Å²) in [6.45, 7) is 5.64. The Kier molecular flexibility index (Phi) is 21.1. The van der Waals surface area contributed by atoms with Crippen LogP contribution < -0.4 is 0 Å². The molecule has 0 heterocycles. The maximum absolute atomic E-state index is 10.8. The number of hydrogen-bond acceptors (Lipinski definition) is 2. The smallest absolute Gasteiger partial charge is 0.334 e. The molecule has 0 amide bonds. The second kappa shape index (κ2) is 22.0. The van der Waals surface area contributed by atoms with Gasteiger partial charge >= 0.3 is 5.97 Å². The van der Waals surface area contributed by atoms with E-state index in [0.717, 1.165) is 6.42 Å². The van der Waals surface area contributed by atoms with Crippen LogP contribution in [-0.2, 0) is 9.53 Å². The van der Waals surface area contributed by atoms with Crippen molar-refractivity contribution in [3.05, 3.63) is 25.0 Å². The monoisotopic (exact) mass is 364 g/mol. The molecule has 0 aromatic heterocycles. The average molecular weight is 365 g/mol. The van der Waals surface area contributed by atoms with E-state index in [0.29, 0.717) is 0 Å². The standard InChI is InChI=1S/C24H44O2/c1-3-5-6-7-8-9-10-11-12-13-14-15-16-17-18-19-20-21-22-23-26-24(25)4-2/h4,22-23H,2-3,5-21H2,1H3/b23-22+. The number of carbonyl (C=O) groups excluding carboxylic acids is 1.